The van der Waals surface area contributed by atoms with Gasteiger partial charge in [-0.25, -0.2) is 0 Å². The molecule has 0 saturated heterocycles. The monoisotopic (exact) mass is 339 g/mol. The molecular formula is C22H29NO2. The molecule has 2 aromatic rings. The second-order valence-electron chi connectivity index (χ2n) is 6.90. The fourth-order valence-electron chi connectivity index (χ4n) is 3.75. The molecule has 3 nitrogen and oxygen atoms in total. The minimum absolute atomic E-state index is 0.119. The third-order valence-electron chi connectivity index (χ3n) is 5.06. The molecule has 0 spiro atoms. The summed E-state index contributed by atoms with van der Waals surface area (Å²) in [4.78, 5) is 2.62. The maximum absolute atomic E-state index is 8.93. The van der Waals surface area contributed by atoms with E-state index in [0.29, 0.717) is 18.8 Å². The van der Waals surface area contributed by atoms with Crippen molar-refractivity contribution in [1.82, 2.24) is 4.90 Å². The van der Waals surface area contributed by atoms with Crippen LogP contribution in [0.25, 0.3) is 0 Å². The lowest BCUT2D eigenvalue weighted by molar-refractivity contribution is -0.00965. The summed E-state index contributed by atoms with van der Waals surface area (Å²) in [6.07, 6.45) is 4.82. The predicted octanol–water partition coefficient (Wildman–Crippen LogP) is 4.01. The van der Waals surface area contributed by atoms with E-state index in [2.05, 4.69) is 65.6 Å². The molecule has 25 heavy (non-hydrogen) atoms. The van der Waals surface area contributed by atoms with E-state index in [1.165, 1.54) is 11.1 Å². The van der Waals surface area contributed by atoms with Gasteiger partial charge in [-0.05, 0) is 36.8 Å². The second kappa shape index (κ2) is 9.71. The van der Waals surface area contributed by atoms with Gasteiger partial charge in [0.05, 0.1) is 19.3 Å². The fraction of sp³-hybridized carbons (Fsp3) is 0.455. The van der Waals surface area contributed by atoms with Crippen molar-refractivity contribution < 1.29 is 9.84 Å². The Hall–Kier alpha value is -1.68. The van der Waals surface area contributed by atoms with E-state index in [1.54, 1.807) is 0 Å². The molecule has 134 valence electrons. The number of aliphatic hydroxyl groups excluding tert-OH is 1. The Bertz CT molecular complexity index is 552. The van der Waals surface area contributed by atoms with Crippen LogP contribution in [0, 0.1) is 0 Å². The molecule has 0 aromatic heterocycles. The van der Waals surface area contributed by atoms with Crippen LogP contribution in [-0.2, 0) is 17.8 Å². The van der Waals surface area contributed by atoms with Crippen molar-refractivity contribution in [1.29, 1.82) is 0 Å². The molecule has 0 unspecified atom stereocenters. The van der Waals surface area contributed by atoms with Crippen LogP contribution in [0.4, 0.5) is 0 Å². The first-order valence-corrected chi connectivity index (χ1v) is 9.39. The molecule has 1 aliphatic carbocycles. The summed E-state index contributed by atoms with van der Waals surface area (Å²) >= 11 is 0. The van der Waals surface area contributed by atoms with E-state index in [0.717, 1.165) is 38.8 Å². The minimum atomic E-state index is 0.119. The standard InChI is InChI=1S/C22H29NO2/c24-15-16-25-22-13-11-21(12-14-22)23(17-19-7-3-1-4-8-19)18-20-9-5-2-6-10-20/h1-10,21-22,24H,11-18H2. The SMILES string of the molecule is OCCOC1CCC(N(Cc2ccccc2)Cc2ccccc2)CC1. The molecule has 3 rings (SSSR count). The highest BCUT2D eigenvalue weighted by Crippen LogP contribution is 2.27. The van der Waals surface area contributed by atoms with Crippen LogP contribution >= 0.6 is 0 Å². The summed E-state index contributed by atoms with van der Waals surface area (Å²) in [6.45, 7) is 2.56. The topological polar surface area (TPSA) is 32.7 Å². The molecule has 0 bridgehead atoms. The van der Waals surface area contributed by atoms with Gasteiger partial charge in [0, 0.05) is 19.1 Å². The predicted molar refractivity (Wildman–Crippen MR) is 101 cm³/mol. The third-order valence-corrected chi connectivity index (χ3v) is 5.06. The van der Waals surface area contributed by atoms with Crippen molar-refractivity contribution in [3.63, 3.8) is 0 Å². The number of benzene rings is 2. The first-order valence-electron chi connectivity index (χ1n) is 9.39. The number of hydrogen-bond donors (Lipinski definition) is 1. The van der Waals surface area contributed by atoms with Gasteiger partial charge in [-0.3, -0.25) is 4.90 Å². The van der Waals surface area contributed by atoms with Crippen molar-refractivity contribution in [2.75, 3.05) is 13.2 Å². The van der Waals surface area contributed by atoms with Crippen LogP contribution in [0.2, 0.25) is 0 Å². The molecule has 0 amide bonds. The maximum Gasteiger partial charge on any atom is 0.0701 e. The number of hydrogen-bond acceptors (Lipinski definition) is 3. The normalized spacial score (nSPS) is 20.7. The highest BCUT2D eigenvalue weighted by molar-refractivity contribution is 5.17. The van der Waals surface area contributed by atoms with Gasteiger partial charge in [0.15, 0.2) is 0 Å². The molecule has 1 aliphatic rings. The van der Waals surface area contributed by atoms with Gasteiger partial charge >= 0.3 is 0 Å². The van der Waals surface area contributed by atoms with E-state index < -0.39 is 0 Å². The Morgan fingerprint density at radius 2 is 1.32 bits per heavy atom. The Morgan fingerprint density at radius 1 is 0.800 bits per heavy atom. The summed E-state index contributed by atoms with van der Waals surface area (Å²) in [6, 6.07) is 22.1. The first-order chi connectivity index (χ1) is 12.3. The van der Waals surface area contributed by atoms with Gasteiger partial charge in [-0.15, -0.1) is 0 Å². The zero-order chi connectivity index (χ0) is 17.3. The molecular weight excluding hydrogens is 310 g/mol. The zero-order valence-electron chi connectivity index (χ0n) is 14.9. The third kappa shape index (κ3) is 5.67. The smallest absolute Gasteiger partial charge is 0.0701 e. The van der Waals surface area contributed by atoms with Gasteiger partial charge in [0.1, 0.15) is 0 Å². The highest BCUT2D eigenvalue weighted by Gasteiger charge is 2.26. The number of ether oxygens (including phenoxy) is 1. The summed E-state index contributed by atoms with van der Waals surface area (Å²) in [5, 5.41) is 8.93. The maximum atomic E-state index is 8.93. The Kier molecular flexibility index (Phi) is 7.04. The largest absolute Gasteiger partial charge is 0.394 e. The number of aliphatic hydroxyl groups is 1. The van der Waals surface area contributed by atoms with Gasteiger partial charge in [-0.2, -0.15) is 0 Å². The molecule has 3 heteroatoms. The minimum Gasteiger partial charge on any atom is -0.394 e. The zero-order valence-corrected chi connectivity index (χ0v) is 14.9. The van der Waals surface area contributed by atoms with Crippen LogP contribution in [0.15, 0.2) is 60.7 Å². The average molecular weight is 339 g/mol. The first kappa shape index (κ1) is 18.1. The van der Waals surface area contributed by atoms with Crippen molar-refractivity contribution in [3.8, 4) is 0 Å². The van der Waals surface area contributed by atoms with Crippen molar-refractivity contribution in [2.24, 2.45) is 0 Å². The summed E-state index contributed by atoms with van der Waals surface area (Å²) in [5.41, 5.74) is 2.74. The Labute approximate surface area is 151 Å². The van der Waals surface area contributed by atoms with Gasteiger partial charge in [-0.1, -0.05) is 60.7 Å². The van der Waals surface area contributed by atoms with Crippen LogP contribution in [0.5, 0.6) is 0 Å². The fourth-order valence-corrected chi connectivity index (χ4v) is 3.75. The van der Waals surface area contributed by atoms with E-state index in [9.17, 15) is 0 Å². The molecule has 1 N–H and O–H groups in total. The quantitative estimate of drug-likeness (QED) is 0.789. The van der Waals surface area contributed by atoms with Gasteiger partial charge in [0.2, 0.25) is 0 Å². The van der Waals surface area contributed by atoms with E-state index in [-0.39, 0.29) is 6.61 Å². The van der Waals surface area contributed by atoms with Crippen LogP contribution in [0.3, 0.4) is 0 Å². The second-order valence-corrected chi connectivity index (χ2v) is 6.90. The van der Waals surface area contributed by atoms with E-state index in [1.807, 2.05) is 0 Å². The van der Waals surface area contributed by atoms with Gasteiger partial charge in [0.25, 0.3) is 0 Å². The lowest BCUT2D eigenvalue weighted by atomic mass is 9.91. The lowest BCUT2D eigenvalue weighted by Crippen LogP contribution is -2.39. The van der Waals surface area contributed by atoms with Crippen molar-refractivity contribution >= 4 is 0 Å². The van der Waals surface area contributed by atoms with Crippen molar-refractivity contribution in [3.05, 3.63) is 71.8 Å². The van der Waals surface area contributed by atoms with E-state index >= 15 is 0 Å². The molecule has 0 heterocycles. The van der Waals surface area contributed by atoms with Crippen LogP contribution < -0.4 is 0 Å². The molecule has 1 saturated carbocycles. The lowest BCUT2D eigenvalue weighted by Gasteiger charge is -2.37. The molecule has 2 aromatic carbocycles. The van der Waals surface area contributed by atoms with Crippen molar-refractivity contribution in [2.45, 2.75) is 50.9 Å². The molecule has 1 fully saturated rings. The number of rotatable bonds is 8. The summed E-state index contributed by atoms with van der Waals surface area (Å²) in [7, 11) is 0. The summed E-state index contributed by atoms with van der Waals surface area (Å²) < 4.78 is 5.73. The molecule has 0 aliphatic heterocycles. The van der Waals surface area contributed by atoms with E-state index in [4.69, 9.17) is 9.84 Å². The Balaban J connectivity index is 1.64. The molecule has 0 atom stereocenters. The summed E-state index contributed by atoms with van der Waals surface area (Å²) in [5.74, 6) is 0. The van der Waals surface area contributed by atoms with Crippen LogP contribution in [-0.4, -0.2) is 35.4 Å². The highest BCUT2D eigenvalue weighted by atomic mass is 16.5. The molecule has 0 radical (unpaired) electrons. The van der Waals surface area contributed by atoms with Gasteiger partial charge < -0.3 is 9.84 Å². The average Bonchev–Trinajstić information content (AvgIpc) is 2.68. The Morgan fingerprint density at radius 3 is 1.80 bits per heavy atom. The van der Waals surface area contributed by atoms with Crippen LogP contribution in [0.1, 0.15) is 36.8 Å². The number of nitrogens with zero attached hydrogens (tertiary/aromatic N) is 1.